The summed E-state index contributed by atoms with van der Waals surface area (Å²) in [7, 11) is 0. The molecule has 0 spiro atoms. The van der Waals surface area contributed by atoms with Crippen molar-refractivity contribution in [3.05, 3.63) is 83.9 Å². The number of fused-ring (bicyclic) bond motifs is 3. The predicted molar refractivity (Wildman–Crippen MR) is 91.9 cm³/mol. The second-order valence-corrected chi connectivity index (χ2v) is 5.57. The van der Waals surface area contributed by atoms with Crippen LogP contribution in [0.2, 0.25) is 5.02 Å². The van der Waals surface area contributed by atoms with E-state index in [1.165, 1.54) is 27.1 Å². The summed E-state index contributed by atoms with van der Waals surface area (Å²) in [6, 6.07) is 27.3. The standard InChI is InChI=1S/C20H13Cl/c21-20-11-4-3-8-19(20)17-10-5-9-16-15-7-2-1-6-14(15)12-13-18(16)17/h1-13H. The Morgan fingerprint density at radius 1 is 0.476 bits per heavy atom. The van der Waals surface area contributed by atoms with Crippen molar-refractivity contribution in [2.24, 2.45) is 0 Å². The zero-order chi connectivity index (χ0) is 14.2. The normalized spacial score (nSPS) is 11.1. The summed E-state index contributed by atoms with van der Waals surface area (Å²) in [5.74, 6) is 0. The Morgan fingerprint density at radius 3 is 2.10 bits per heavy atom. The fourth-order valence-electron chi connectivity index (χ4n) is 2.95. The van der Waals surface area contributed by atoms with E-state index in [-0.39, 0.29) is 0 Å². The van der Waals surface area contributed by atoms with Crippen LogP contribution in [0.3, 0.4) is 0 Å². The molecule has 0 bridgehead atoms. The minimum atomic E-state index is 0.790. The molecule has 0 aliphatic carbocycles. The van der Waals surface area contributed by atoms with Crippen LogP contribution in [0, 0.1) is 0 Å². The average molecular weight is 289 g/mol. The Morgan fingerprint density at radius 2 is 1.19 bits per heavy atom. The van der Waals surface area contributed by atoms with E-state index in [4.69, 9.17) is 11.6 Å². The molecule has 0 atom stereocenters. The quantitative estimate of drug-likeness (QED) is 0.360. The monoisotopic (exact) mass is 288 g/mol. The Labute approximate surface area is 128 Å². The summed E-state index contributed by atoms with van der Waals surface area (Å²) in [5, 5.41) is 5.85. The van der Waals surface area contributed by atoms with Gasteiger partial charge in [-0.3, -0.25) is 0 Å². The summed E-state index contributed by atoms with van der Waals surface area (Å²) in [5.41, 5.74) is 2.27. The van der Waals surface area contributed by atoms with Crippen molar-refractivity contribution < 1.29 is 0 Å². The smallest absolute Gasteiger partial charge is 0.0484 e. The van der Waals surface area contributed by atoms with E-state index in [0.717, 1.165) is 10.6 Å². The lowest BCUT2D eigenvalue weighted by Gasteiger charge is -2.10. The number of rotatable bonds is 1. The van der Waals surface area contributed by atoms with Crippen molar-refractivity contribution in [1.29, 1.82) is 0 Å². The minimum absolute atomic E-state index is 0.790. The van der Waals surface area contributed by atoms with Gasteiger partial charge in [-0.25, -0.2) is 0 Å². The predicted octanol–water partition coefficient (Wildman–Crippen LogP) is 6.31. The van der Waals surface area contributed by atoms with Crippen LogP contribution in [0.5, 0.6) is 0 Å². The van der Waals surface area contributed by atoms with Crippen molar-refractivity contribution in [3.8, 4) is 11.1 Å². The zero-order valence-electron chi connectivity index (χ0n) is 11.4. The molecule has 0 saturated heterocycles. The van der Waals surface area contributed by atoms with E-state index in [1.54, 1.807) is 0 Å². The molecule has 0 N–H and O–H groups in total. The molecular formula is C20H13Cl. The van der Waals surface area contributed by atoms with Gasteiger partial charge in [0.25, 0.3) is 0 Å². The molecule has 0 heterocycles. The van der Waals surface area contributed by atoms with E-state index in [1.807, 2.05) is 18.2 Å². The van der Waals surface area contributed by atoms with Gasteiger partial charge in [0.1, 0.15) is 0 Å². The fraction of sp³-hybridized carbons (Fsp3) is 0. The number of hydrogen-bond acceptors (Lipinski definition) is 0. The first-order valence-electron chi connectivity index (χ1n) is 7.00. The van der Waals surface area contributed by atoms with Gasteiger partial charge in [0.15, 0.2) is 0 Å². The molecule has 0 unspecified atom stereocenters. The highest BCUT2D eigenvalue weighted by atomic mass is 35.5. The molecular weight excluding hydrogens is 276 g/mol. The van der Waals surface area contributed by atoms with E-state index in [9.17, 15) is 0 Å². The van der Waals surface area contributed by atoms with Gasteiger partial charge in [-0.1, -0.05) is 84.4 Å². The molecule has 0 radical (unpaired) electrons. The number of halogens is 1. The molecule has 0 nitrogen and oxygen atoms in total. The van der Waals surface area contributed by atoms with Crippen molar-refractivity contribution in [1.82, 2.24) is 0 Å². The van der Waals surface area contributed by atoms with Crippen LogP contribution >= 0.6 is 11.6 Å². The third-order valence-electron chi connectivity index (χ3n) is 3.95. The van der Waals surface area contributed by atoms with Crippen LogP contribution in [0.1, 0.15) is 0 Å². The lowest BCUT2D eigenvalue weighted by Crippen LogP contribution is -1.84. The van der Waals surface area contributed by atoms with Gasteiger partial charge >= 0.3 is 0 Å². The molecule has 0 amide bonds. The van der Waals surface area contributed by atoms with Crippen LogP contribution in [-0.2, 0) is 0 Å². The summed E-state index contributed by atoms with van der Waals surface area (Å²) in [6.45, 7) is 0. The summed E-state index contributed by atoms with van der Waals surface area (Å²) < 4.78 is 0. The van der Waals surface area contributed by atoms with Gasteiger partial charge in [0.2, 0.25) is 0 Å². The van der Waals surface area contributed by atoms with Gasteiger partial charge in [-0.15, -0.1) is 0 Å². The molecule has 4 rings (SSSR count). The first-order valence-corrected chi connectivity index (χ1v) is 7.38. The topological polar surface area (TPSA) is 0 Å². The number of hydrogen-bond donors (Lipinski definition) is 0. The van der Waals surface area contributed by atoms with Gasteiger partial charge in [-0.05, 0) is 33.2 Å². The van der Waals surface area contributed by atoms with Crippen LogP contribution in [0.25, 0.3) is 32.7 Å². The first kappa shape index (κ1) is 12.4. The van der Waals surface area contributed by atoms with Crippen LogP contribution in [0.4, 0.5) is 0 Å². The van der Waals surface area contributed by atoms with Crippen molar-refractivity contribution in [2.75, 3.05) is 0 Å². The van der Waals surface area contributed by atoms with Gasteiger partial charge in [-0.2, -0.15) is 0 Å². The minimum Gasteiger partial charge on any atom is -0.0837 e. The highest BCUT2D eigenvalue weighted by molar-refractivity contribution is 6.33. The Hall–Kier alpha value is -2.31. The van der Waals surface area contributed by atoms with Crippen molar-refractivity contribution in [2.45, 2.75) is 0 Å². The molecule has 0 aliphatic rings. The van der Waals surface area contributed by atoms with E-state index in [2.05, 4.69) is 60.7 Å². The average Bonchev–Trinajstić information content (AvgIpc) is 2.55. The molecule has 1 heteroatoms. The maximum atomic E-state index is 6.38. The van der Waals surface area contributed by atoms with E-state index >= 15 is 0 Å². The van der Waals surface area contributed by atoms with Gasteiger partial charge < -0.3 is 0 Å². The lowest BCUT2D eigenvalue weighted by molar-refractivity contribution is 1.65. The molecule has 0 aliphatic heterocycles. The Kier molecular flexibility index (Phi) is 2.90. The Balaban J connectivity index is 2.12. The maximum absolute atomic E-state index is 6.38. The van der Waals surface area contributed by atoms with E-state index < -0.39 is 0 Å². The molecule has 100 valence electrons. The zero-order valence-corrected chi connectivity index (χ0v) is 12.1. The van der Waals surface area contributed by atoms with E-state index in [0.29, 0.717) is 0 Å². The van der Waals surface area contributed by atoms with Gasteiger partial charge in [0, 0.05) is 10.6 Å². The third kappa shape index (κ3) is 2.00. The third-order valence-corrected chi connectivity index (χ3v) is 4.28. The SMILES string of the molecule is Clc1ccccc1-c1cccc2c1ccc1ccccc12. The summed E-state index contributed by atoms with van der Waals surface area (Å²) in [6.07, 6.45) is 0. The molecule has 4 aromatic rings. The largest absolute Gasteiger partial charge is 0.0837 e. The molecule has 0 saturated carbocycles. The first-order chi connectivity index (χ1) is 10.3. The molecule has 0 aromatic heterocycles. The lowest BCUT2D eigenvalue weighted by atomic mass is 9.95. The Bertz CT molecular complexity index is 954. The maximum Gasteiger partial charge on any atom is 0.0484 e. The number of benzene rings is 4. The molecule has 21 heavy (non-hydrogen) atoms. The molecule has 0 fully saturated rings. The van der Waals surface area contributed by atoms with Crippen LogP contribution in [-0.4, -0.2) is 0 Å². The van der Waals surface area contributed by atoms with Gasteiger partial charge in [0.05, 0.1) is 0 Å². The van der Waals surface area contributed by atoms with Crippen LogP contribution < -0.4 is 0 Å². The fourth-order valence-corrected chi connectivity index (χ4v) is 3.19. The second kappa shape index (κ2) is 4.91. The van der Waals surface area contributed by atoms with Crippen molar-refractivity contribution in [3.63, 3.8) is 0 Å². The summed E-state index contributed by atoms with van der Waals surface area (Å²) in [4.78, 5) is 0. The highest BCUT2D eigenvalue weighted by Gasteiger charge is 2.08. The molecule has 4 aromatic carbocycles. The second-order valence-electron chi connectivity index (χ2n) is 5.17. The van der Waals surface area contributed by atoms with Crippen molar-refractivity contribution >= 4 is 33.1 Å². The van der Waals surface area contributed by atoms with Crippen LogP contribution in [0.15, 0.2) is 78.9 Å². The highest BCUT2D eigenvalue weighted by Crippen LogP contribution is 2.35. The summed E-state index contributed by atoms with van der Waals surface area (Å²) >= 11 is 6.38.